The number of fused-ring (bicyclic) bond motifs is 1. The van der Waals surface area contributed by atoms with Gasteiger partial charge in [0.15, 0.2) is 6.61 Å². The second kappa shape index (κ2) is 6.75. The molecule has 3 amide bonds. The first-order chi connectivity index (χ1) is 10.5. The molecule has 0 aliphatic carbocycles. The predicted octanol–water partition coefficient (Wildman–Crippen LogP) is 1.28. The van der Waals surface area contributed by atoms with E-state index in [0.29, 0.717) is 11.1 Å². The van der Waals surface area contributed by atoms with Gasteiger partial charge in [-0.15, -0.1) is 0 Å². The third-order valence-corrected chi connectivity index (χ3v) is 2.99. The number of carbonyl (C=O) groups is 3. The summed E-state index contributed by atoms with van der Waals surface area (Å²) in [6.07, 6.45) is 1.49. The van der Waals surface area contributed by atoms with Crippen LogP contribution in [0.1, 0.15) is 11.1 Å². The second-order valence-corrected chi connectivity index (χ2v) is 4.73. The van der Waals surface area contributed by atoms with Crippen LogP contribution in [0.25, 0.3) is 11.0 Å². The highest BCUT2D eigenvalue weighted by Crippen LogP contribution is 2.22. The molecule has 0 saturated carbocycles. The zero-order valence-electron chi connectivity index (χ0n) is 12.3. The first kappa shape index (κ1) is 15.6. The van der Waals surface area contributed by atoms with Gasteiger partial charge in [0, 0.05) is 18.0 Å². The van der Waals surface area contributed by atoms with E-state index in [0.717, 1.165) is 10.9 Å². The van der Waals surface area contributed by atoms with Gasteiger partial charge in [-0.3, -0.25) is 14.9 Å². The van der Waals surface area contributed by atoms with Gasteiger partial charge in [0.2, 0.25) is 0 Å². The summed E-state index contributed by atoms with van der Waals surface area (Å²) in [5.74, 6) is -1.27. The van der Waals surface area contributed by atoms with Gasteiger partial charge in [-0.2, -0.15) is 0 Å². The van der Waals surface area contributed by atoms with Gasteiger partial charge in [0.05, 0.1) is 12.7 Å². The lowest BCUT2D eigenvalue weighted by atomic mass is 10.1. The fraction of sp³-hybridized carbons (Fsp3) is 0.267. The highest BCUT2D eigenvalue weighted by molar-refractivity contribution is 5.95. The smallest absolute Gasteiger partial charge is 0.321 e. The Kier molecular flexibility index (Phi) is 4.77. The molecule has 2 aromatic rings. The van der Waals surface area contributed by atoms with Gasteiger partial charge < -0.3 is 14.5 Å². The van der Waals surface area contributed by atoms with Crippen molar-refractivity contribution in [2.45, 2.75) is 13.3 Å². The largest absolute Gasteiger partial charge is 0.464 e. The normalized spacial score (nSPS) is 10.3. The summed E-state index contributed by atoms with van der Waals surface area (Å²) in [5.41, 5.74) is 2.44. The van der Waals surface area contributed by atoms with Crippen LogP contribution in [0.2, 0.25) is 0 Å². The molecule has 2 rings (SSSR count). The Bertz CT molecular complexity index is 720. The number of furan rings is 1. The van der Waals surface area contributed by atoms with Crippen molar-refractivity contribution < 1.29 is 23.5 Å². The number of imide groups is 1. The van der Waals surface area contributed by atoms with Crippen molar-refractivity contribution in [2.24, 2.45) is 0 Å². The summed E-state index contributed by atoms with van der Waals surface area (Å²) in [7, 11) is 1.38. The number of benzene rings is 1. The molecule has 0 unspecified atom stereocenters. The molecule has 0 aliphatic rings. The zero-order chi connectivity index (χ0) is 16.1. The molecule has 0 fully saturated rings. The minimum absolute atomic E-state index is 0.0106. The molecular weight excluding hydrogens is 288 g/mol. The van der Waals surface area contributed by atoms with E-state index in [2.05, 4.69) is 5.32 Å². The maximum atomic E-state index is 11.7. The number of nitrogens with one attached hydrogen (secondary N) is 2. The molecule has 0 radical (unpaired) electrons. The van der Waals surface area contributed by atoms with E-state index >= 15 is 0 Å². The molecule has 7 nitrogen and oxygen atoms in total. The molecule has 1 aromatic heterocycles. The van der Waals surface area contributed by atoms with Gasteiger partial charge in [-0.25, -0.2) is 4.79 Å². The van der Waals surface area contributed by atoms with Gasteiger partial charge in [-0.1, -0.05) is 12.1 Å². The van der Waals surface area contributed by atoms with E-state index in [1.165, 1.54) is 13.3 Å². The molecule has 7 heteroatoms. The molecular formula is C15H16N2O5. The highest BCUT2D eigenvalue weighted by atomic mass is 16.5. The van der Waals surface area contributed by atoms with Crippen LogP contribution in [0, 0.1) is 6.92 Å². The van der Waals surface area contributed by atoms with Gasteiger partial charge >= 0.3 is 12.0 Å². The number of hydrogen-bond acceptors (Lipinski definition) is 5. The first-order valence-electron chi connectivity index (χ1n) is 6.63. The number of hydrogen-bond donors (Lipinski definition) is 2. The van der Waals surface area contributed by atoms with E-state index in [1.54, 1.807) is 0 Å². The fourth-order valence-corrected chi connectivity index (χ4v) is 1.91. The Morgan fingerprint density at radius 3 is 2.77 bits per heavy atom. The maximum absolute atomic E-state index is 11.7. The first-order valence-corrected chi connectivity index (χ1v) is 6.63. The fourth-order valence-electron chi connectivity index (χ4n) is 1.91. The summed E-state index contributed by atoms with van der Waals surface area (Å²) in [6.45, 7) is 1.43. The zero-order valence-corrected chi connectivity index (χ0v) is 12.3. The van der Waals surface area contributed by atoms with Crippen LogP contribution in [0.15, 0.2) is 28.9 Å². The summed E-state index contributed by atoms with van der Waals surface area (Å²) < 4.78 is 10.2. The van der Waals surface area contributed by atoms with E-state index in [1.807, 2.05) is 30.4 Å². The molecule has 0 atom stereocenters. The third-order valence-electron chi connectivity index (χ3n) is 2.99. The van der Waals surface area contributed by atoms with Gasteiger partial charge in [0.25, 0.3) is 5.91 Å². The third kappa shape index (κ3) is 3.85. The average Bonchev–Trinajstić information content (AvgIpc) is 2.87. The van der Waals surface area contributed by atoms with Crippen molar-refractivity contribution in [1.29, 1.82) is 0 Å². The number of amides is 3. The number of carbonyl (C=O) groups excluding carboxylic acids is 3. The minimum atomic E-state index is -0.694. The van der Waals surface area contributed by atoms with Crippen LogP contribution >= 0.6 is 0 Å². The average molecular weight is 304 g/mol. The lowest BCUT2D eigenvalue weighted by Gasteiger charge is -2.04. The summed E-state index contributed by atoms with van der Waals surface area (Å²) in [5, 5.41) is 5.05. The summed E-state index contributed by atoms with van der Waals surface area (Å²) >= 11 is 0. The van der Waals surface area contributed by atoms with Crippen molar-refractivity contribution in [3.8, 4) is 0 Å². The van der Waals surface area contributed by atoms with Gasteiger partial charge in [-0.05, 0) is 18.6 Å². The van der Waals surface area contributed by atoms with Crippen LogP contribution in [-0.4, -0.2) is 31.6 Å². The molecule has 0 bridgehead atoms. The summed E-state index contributed by atoms with van der Waals surface area (Å²) in [4.78, 5) is 33.9. The summed E-state index contributed by atoms with van der Waals surface area (Å²) in [6, 6.07) is 5.01. The Labute approximate surface area is 126 Å². The van der Waals surface area contributed by atoms with E-state index < -0.39 is 24.5 Å². The van der Waals surface area contributed by atoms with Crippen LogP contribution in [0.4, 0.5) is 4.79 Å². The Hall–Kier alpha value is -2.83. The standard InChI is InChI=1S/C15H16N2O5/c1-9-3-4-11-10(7-21-12(11)5-9)6-14(19)22-8-13(18)17-15(20)16-2/h3-5,7H,6,8H2,1-2H3,(H2,16,17,18,20). The Morgan fingerprint density at radius 1 is 1.27 bits per heavy atom. The lowest BCUT2D eigenvalue weighted by molar-refractivity contribution is -0.147. The van der Waals surface area contributed by atoms with Crippen molar-refractivity contribution in [3.63, 3.8) is 0 Å². The van der Waals surface area contributed by atoms with Crippen LogP contribution < -0.4 is 10.6 Å². The predicted molar refractivity (Wildman–Crippen MR) is 78.2 cm³/mol. The monoisotopic (exact) mass is 304 g/mol. The quantitative estimate of drug-likeness (QED) is 0.829. The van der Waals surface area contributed by atoms with E-state index in [9.17, 15) is 14.4 Å². The highest BCUT2D eigenvalue weighted by Gasteiger charge is 2.14. The lowest BCUT2D eigenvalue weighted by Crippen LogP contribution is -2.39. The SMILES string of the molecule is CNC(=O)NC(=O)COC(=O)Cc1coc2cc(C)ccc12. The molecule has 22 heavy (non-hydrogen) atoms. The molecule has 0 saturated heterocycles. The Morgan fingerprint density at radius 2 is 2.05 bits per heavy atom. The van der Waals surface area contributed by atoms with E-state index in [-0.39, 0.29) is 6.42 Å². The maximum Gasteiger partial charge on any atom is 0.321 e. The van der Waals surface area contributed by atoms with Crippen molar-refractivity contribution in [1.82, 2.24) is 10.6 Å². The van der Waals surface area contributed by atoms with E-state index in [4.69, 9.17) is 9.15 Å². The van der Waals surface area contributed by atoms with Crippen LogP contribution in [0.3, 0.4) is 0 Å². The minimum Gasteiger partial charge on any atom is -0.464 e. The topological polar surface area (TPSA) is 97.6 Å². The molecule has 0 spiro atoms. The molecule has 1 aromatic carbocycles. The van der Waals surface area contributed by atoms with Crippen molar-refractivity contribution >= 4 is 28.9 Å². The number of aryl methyl sites for hydroxylation is 1. The van der Waals surface area contributed by atoms with Crippen LogP contribution in [-0.2, 0) is 20.7 Å². The van der Waals surface area contributed by atoms with Crippen molar-refractivity contribution in [3.05, 3.63) is 35.6 Å². The van der Waals surface area contributed by atoms with Crippen molar-refractivity contribution in [2.75, 3.05) is 13.7 Å². The molecule has 1 heterocycles. The molecule has 116 valence electrons. The number of urea groups is 1. The number of rotatable bonds is 4. The second-order valence-electron chi connectivity index (χ2n) is 4.73. The number of ether oxygens (including phenoxy) is 1. The number of esters is 1. The van der Waals surface area contributed by atoms with Crippen LogP contribution in [0.5, 0.6) is 0 Å². The molecule has 2 N–H and O–H groups in total. The Balaban J connectivity index is 1.91. The molecule has 0 aliphatic heterocycles. The van der Waals surface area contributed by atoms with Gasteiger partial charge in [0.1, 0.15) is 5.58 Å².